The predicted octanol–water partition coefficient (Wildman–Crippen LogP) is 19.3. The summed E-state index contributed by atoms with van der Waals surface area (Å²) in [5, 5.41) is 11.9. The standard InChI is InChI=1S/C64H54N2O2/c1-39-33-40(2)35-47(34-39)66(55-22-14-20-51-49-18-10-12-24-59(49)68-63(51)55)57-38-56(52-31-25-42-36-44(41-15-7-6-8-16-41)37-43-26-32-53(57)61(52)60(42)43)65(46-29-27-45(28-30-46)64(3,4)5)54-21-13-19-50-48-17-9-11-23-58(48)67-62(50)54/h9-14,17-38,41H,6-8,15-16H2,1-5H3. The number of furan rings is 2. The minimum atomic E-state index is -0.0110. The highest BCUT2D eigenvalue weighted by molar-refractivity contribution is 6.29. The Hall–Kier alpha value is -7.56. The summed E-state index contributed by atoms with van der Waals surface area (Å²) in [4.78, 5) is 4.93. The van der Waals surface area contributed by atoms with Gasteiger partial charge in [-0.15, -0.1) is 0 Å². The van der Waals surface area contributed by atoms with Gasteiger partial charge in [-0.1, -0.05) is 155 Å². The van der Waals surface area contributed by atoms with E-state index in [2.05, 4.69) is 214 Å². The Balaban J connectivity index is 1.18. The molecule has 0 N–H and O–H groups in total. The Kier molecular flexibility index (Phi) is 9.28. The molecule has 1 saturated carbocycles. The van der Waals surface area contributed by atoms with E-state index in [1.54, 1.807) is 0 Å². The van der Waals surface area contributed by atoms with Crippen molar-refractivity contribution in [2.24, 2.45) is 0 Å². The molecule has 0 aliphatic heterocycles. The number of rotatable bonds is 7. The van der Waals surface area contributed by atoms with Crippen molar-refractivity contribution in [3.63, 3.8) is 0 Å². The van der Waals surface area contributed by atoms with Gasteiger partial charge >= 0.3 is 0 Å². The second-order valence-electron chi connectivity index (χ2n) is 20.5. The number of hydrogen-bond acceptors (Lipinski definition) is 4. The highest BCUT2D eigenvalue weighted by atomic mass is 16.3. The maximum atomic E-state index is 6.94. The van der Waals surface area contributed by atoms with E-state index in [1.807, 2.05) is 0 Å². The fraction of sp³-hybridized carbons (Fsp3) is 0.188. The van der Waals surface area contributed by atoms with E-state index in [1.165, 1.54) is 86.7 Å². The van der Waals surface area contributed by atoms with Crippen molar-refractivity contribution >= 4 is 110 Å². The number of fused-ring (bicyclic) bond motifs is 6. The molecular weight excluding hydrogens is 829 g/mol. The normalized spacial score (nSPS) is 13.9. The molecule has 0 amide bonds. The van der Waals surface area contributed by atoms with Crippen LogP contribution in [0.5, 0.6) is 0 Å². The Bertz CT molecular complexity index is 3880. The zero-order valence-corrected chi connectivity index (χ0v) is 39.5. The summed E-state index contributed by atoms with van der Waals surface area (Å²) in [5.41, 5.74) is 14.9. The molecule has 1 fully saturated rings. The van der Waals surface area contributed by atoms with Gasteiger partial charge in [-0.2, -0.15) is 0 Å². The number of aryl methyl sites for hydroxylation is 2. The highest BCUT2D eigenvalue weighted by Crippen LogP contribution is 2.53. The maximum Gasteiger partial charge on any atom is 0.159 e. The number of hydrogen-bond donors (Lipinski definition) is 0. The van der Waals surface area contributed by atoms with Gasteiger partial charge in [0.1, 0.15) is 11.2 Å². The zero-order valence-electron chi connectivity index (χ0n) is 39.5. The summed E-state index contributed by atoms with van der Waals surface area (Å²) in [7, 11) is 0. The third-order valence-electron chi connectivity index (χ3n) is 15.0. The summed E-state index contributed by atoms with van der Waals surface area (Å²) >= 11 is 0. The van der Waals surface area contributed by atoms with Gasteiger partial charge in [-0.05, 0) is 131 Å². The highest BCUT2D eigenvalue weighted by Gasteiger charge is 2.29. The first kappa shape index (κ1) is 40.7. The van der Waals surface area contributed by atoms with E-state index < -0.39 is 0 Å². The van der Waals surface area contributed by atoms with Crippen LogP contribution in [0.4, 0.5) is 34.1 Å². The smallest absolute Gasteiger partial charge is 0.159 e. The second-order valence-corrected chi connectivity index (χ2v) is 20.5. The van der Waals surface area contributed by atoms with E-state index in [0.717, 1.165) is 78.0 Å². The lowest BCUT2D eigenvalue weighted by Gasteiger charge is -2.33. The number of para-hydroxylation sites is 4. The summed E-state index contributed by atoms with van der Waals surface area (Å²) in [6.07, 6.45) is 6.47. The average molecular weight is 883 g/mol. The molecule has 2 heterocycles. The number of nitrogens with zero attached hydrogens (tertiary/aromatic N) is 2. The molecule has 10 aromatic carbocycles. The van der Waals surface area contributed by atoms with E-state index in [9.17, 15) is 0 Å². The van der Waals surface area contributed by atoms with Gasteiger partial charge in [-0.3, -0.25) is 0 Å². The molecular formula is C64H54N2O2. The predicted molar refractivity (Wildman–Crippen MR) is 288 cm³/mol. The third kappa shape index (κ3) is 6.48. The Morgan fingerprint density at radius 1 is 0.426 bits per heavy atom. The van der Waals surface area contributed by atoms with Crippen LogP contribution in [-0.4, -0.2) is 0 Å². The molecule has 0 saturated heterocycles. The van der Waals surface area contributed by atoms with E-state index in [0.29, 0.717) is 5.92 Å². The lowest BCUT2D eigenvalue weighted by atomic mass is 9.82. The lowest BCUT2D eigenvalue weighted by Crippen LogP contribution is -2.16. The molecule has 2 aromatic heterocycles. The molecule has 1 aliphatic rings. The number of anilines is 6. The van der Waals surface area contributed by atoms with Crippen LogP contribution in [-0.2, 0) is 5.41 Å². The second kappa shape index (κ2) is 15.5. The molecule has 4 heteroatoms. The first-order chi connectivity index (χ1) is 33.2. The average Bonchev–Trinajstić information content (AvgIpc) is 3.93. The minimum absolute atomic E-state index is 0.0110. The molecule has 68 heavy (non-hydrogen) atoms. The molecule has 13 rings (SSSR count). The summed E-state index contributed by atoms with van der Waals surface area (Å²) in [6, 6.07) is 63.2. The summed E-state index contributed by atoms with van der Waals surface area (Å²) in [6.45, 7) is 11.3. The minimum Gasteiger partial charge on any atom is -0.454 e. The van der Waals surface area contributed by atoms with Gasteiger partial charge in [0.2, 0.25) is 0 Å². The molecule has 0 bridgehead atoms. The number of benzene rings is 10. The summed E-state index contributed by atoms with van der Waals surface area (Å²) in [5.74, 6) is 0.594. The van der Waals surface area contributed by atoms with Crippen LogP contribution >= 0.6 is 0 Å². The van der Waals surface area contributed by atoms with Gasteiger partial charge in [0, 0.05) is 49.1 Å². The van der Waals surface area contributed by atoms with Gasteiger partial charge in [0.15, 0.2) is 11.2 Å². The largest absolute Gasteiger partial charge is 0.454 e. The van der Waals surface area contributed by atoms with Crippen molar-refractivity contribution in [2.75, 3.05) is 9.80 Å². The lowest BCUT2D eigenvalue weighted by molar-refractivity contribution is 0.444. The molecule has 0 unspecified atom stereocenters. The fourth-order valence-electron chi connectivity index (χ4n) is 11.8. The Labute approximate surface area is 397 Å². The van der Waals surface area contributed by atoms with E-state index in [4.69, 9.17) is 8.83 Å². The quantitative estimate of drug-likeness (QED) is 0.149. The van der Waals surface area contributed by atoms with Crippen LogP contribution in [0.1, 0.15) is 81.0 Å². The molecule has 332 valence electrons. The Morgan fingerprint density at radius 2 is 0.941 bits per heavy atom. The van der Waals surface area contributed by atoms with Crippen LogP contribution in [0.3, 0.4) is 0 Å². The van der Waals surface area contributed by atoms with Crippen molar-refractivity contribution < 1.29 is 8.83 Å². The third-order valence-corrected chi connectivity index (χ3v) is 15.0. The van der Waals surface area contributed by atoms with Crippen molar-refractivity contribution in [3.8, 4) is 0 Å². The van der Waals surface area contributed by atoms with Gasteiger partial charge in [0.25, 0.3) is 0 Å². The Morgan fingerprint density at radius 3 is 1.49 bits per heavy atom. The first-order valence-electron chi connectivity index (χ1n) is 24.5. The monoisotopic (exact) mass is 882 g/mol. The molecule has 0 radical (unpaired) electrons. The van der Waals surface area contributed by atoms with Crippen molar-refractivity contribution in [1.29, 1.82) is 0 Å². The van der Waals surface area contributed by atoms with E-state index >= 15 is 0 Å². The molecule has 12 aromatic rings. The van der Waals surface area contributed by atoms with Crippen molar-refractivity contribution in [3.05, 3.63) is 192 Å². The van der Waals surface area contributed by atoms with Crippen molar-refractivity contribution in [2.45, 2.75) is 78.1 Å². The van der Waals surface area contributed by atoms with Gasteiger partial charge in [-0.25, -0.2) is 0 Å². The first-order valence-corrected chi connectivity index (χ1v) is 24.5. The van der Waals surface area contributed by atoms with Crippen molar-refractivity contribution in [1.82, 2.24) is 0 Å². The molecule has 0 spiro atoms. The van der Waals surface area contributed by atoms with E-state index in [-0.39, 0.29) is 5.41 Å². The summed E-state index contributed by atoms with van der Waals surface area (Å²) < 4.78 is 13.9. The van der Waals surface area contributed by atoms with Gasteiger partial charge in [0.05, 0.1) is 22.7 Å². The fourth-order valence-corrected chi connectivity index (χ4v) is 11.8. The van der Waals surface area contributed by atoms with Crippen LogP contribution in [0, 0.1) is 13.8 Å². The molecule has 0 atom stereocenters. The molecule has 1 aliphatic carbocycles. The molecule has 4 nitrogen and oxygen atoms in total. The van der Waals surface area contributed by atoms with Crippen LogP contribution in [0.15, 0.2) is 179 Å². The van der Waals surface area contributed by atoms with Gasteiger partial charge < -0.3 is 18.6 Å². The maximum absolute atomic E-state index is 6.94. The van der Waals surface area contributed by atoms with Crippen LogP contribution in [0.25, 0.3) is 76.2 Å². The van der Waals surface area contributed by atoms with Crippen LogP contribution in [0.2, 0.25) is 0 Å². The van der Waals surface area contributed by atoms with Crippen LogP contribution < -0.4 is 9.80 Å². The zero-order chi connectivity index (χ0) is 45.8. The SMILES string of the molecule is Cc1cc(C)cc(N(c2cc(N(c3ccc(C(C)(C)C)cc3)c3cccc4c3oc3ccccc34)c3ccc4cc(C5CCCCC5)cc5ccc2c3c45)c2cccc3c2oc2ccccc23)c1. The topological polar surface area (TPSA) is 32.8 Å².